The van der Waals surface area contributed by atoms with Crippen molar-refractivity contribution in [3.63, 3.8) is 0 Å². The molecule has 0 unspecified atom stereocenters. The van der Waals surface area contributed by atoms with Crippen LogP contribution >= 0.6 is 12.2 Å². The van der Waals surface area contributed by atoms with E-state index in [1.54, 1.807) is 37.5 Å². The molecule has 0 aliphatic carbocycles. The number of rotatable bonds is 10. The smallest absolute Gasteiger partial charge is 0.253 e. The van der Waals surface area contributed by atoms with Crippen LogP contribution in [0.25, 0.3) is 6.08 Å². The molecule has 2 rings (SSSR count). The Hall–Kier alpha value is -3.23. The first kappa shape index (κ1) is 24.0. The molecule has 0 saturated heterocycles. The molecular formula is C23H27N3O4S. The lowest BCUT2D eigenvalue weighted by Gasteiger charge is -2.13. The van der Waals surface area contributed by atoms with E-state index in [2.05, 4.69) is 16.0 Å². The Bertz CT molecular complexity index is 913. The van der Waals surface area contributed by atoms with Gasteiger partial charge in [0, 0.05) is 26.3 Å². The first-order valence-electron chi connectivity index (χ1n) is 9.92. The number of thiocarbonyl (C=S) groups is 1. The second kappa shape index (κ2) is 13.1. The van der Waals surface area contributed by atoms with E-state index >= 15 is 0 Å². The second-order valence-electron chi connectivity index (χ2n) is 6.43. The maximum absolute atomic E-state index is 12.4. The van der Waals surface area contributed by atoms with E-state index in [1.807, 2.05) is 31.2 Å². The van der Waals surface area contributed by atoms with E-state index in [1.165, 1.54) is 6.08 Å². The summed E-state index contributed by atoms with van der Waals surface area (Å²) in [5, 5.41) is 8.41. The Morgan fingerprint density at radius 3 is 2.55 bits per heavy atom. The van der Waals surface area contributed by atoms with Gasteiger partial charge in [0.1, 0.15) is 5.75 Å². The molecule has 0 aliphatic rings. The van der Waals surface area contributed by atoms with Crippen molar-refractivity contribution in [2.24, 2.45) is 0 Å². The van der Waals surface area contributed by atoms with Gasteiger partial charge in [-0.15, -0.1) is 0 Å². The highest BCUT2D eigenvalue weighted by atomic mass is 32.1. The van der Waals surface area contributed by atoms with Crippen molar-refractivity contribution < 1.29 is 19.1 Å². The normalized spacial score (nSPS) is 10.5. The SMILES string of the molecule is CCOc1ccc(/C=C/C(=O)NC(=S)Nc2ccccc2C(=O)NCCCOC)cc1. The number of anilines is 1. The Labute approximate surface area is 187 Å². The predicted octanol–water partition coefficient (Wildman–Crippen LogP) is 3.38. The standard InChI is InChI=1S/C23H27N3O4S/c1-3-30-18-12-9-17(10-13-18)11-14-21(27)26-23(31)25-20-8-5-4-7-19(20)22(28)24-15-6-16-29-2/h4-5,7-14H,3,6,15-16H2,1-2H3,(H,24,28)(H2,25,26,27,31)/b14-11+. The number of para-hydroxylation sites is 1. The fourth-order valence-corrected chi connectivity index (χ4v) is 2.84. The topological polar surface area (TPSA) is 88.7 Å². The Kier molecular flexibility index (Phi) is 10.2. The molecule has 0 radical (unpaired) electrons. The minimum atomic E-state index is -0.382. The van der Waals surface area contributed by atoms with Gasteiger partial charge in [-0.25, -0.2) is 0 Å². The van der Waals surface area contributed by atoms with Crippen molar-refractivity contribution >= 4 is 40.9 Å². The molecule has 3 N–H and O–H groups in total. The van der Waals surface area contributed by atoms with Gasteiger partial charge in [-0.2, -0.15) is 0 Å². The largest absolute Gasteiger partial charge is 0.494 e. The van der Waals surface area contributed by atoms with Crippen LogP contribution in [0.5, 0.6) is 5.75 Å². The molecule has 8 heteroatoms. The third-order valence-corrected chi connectivity index (χ3v) is 4.29. The van der Waals surface area contributed by atoms with Gasteiger partial charge < -0.3 is 20.1 Å². The van der Waals surface area contributed by atoms with Gasteiger partial charge >= 0.3 is 0 Å². The van der Waals surface area contributed by atoms with Crippen LogP contribution in [0.2, 0.25) is 0 Å². The number of ether oxygens (including phenoxy) is 2. The van der Waals surface area contributed by atoms with E-state index in [0.29, 0.717) is 37.4 Å². The van der Waals surface area contributed by atoms with Crippen molar-refractivity contribution in [2.45, 2.75) is 13.3 Å². The third-order valence-electron chi connectivity index (χ3n) is 4.09. The summed E-state index contributed by atoms with van der Waals surface area (Å²) in [6, 6.07) is 14.3. The number of methoxy groups -OCH3 is 1. The summed E-state index contributed by atoms with van der Waals surface area (Å²) < 4.78 is 10.4. The van der Waals surface area contributed by atoms with Crippen molar-refractivity contribution in [1.29, 1.82) is 0 Å². The molecule has 0 aliphatic heterocycles. The molecule has 2 aromatic rings. The Morgan fingerprint density at radius 1 is 1.10 bits per heavy atom. The molecule has 0 saturated carbocycles. The molecular weight excluding hydrogens is 414 g/mol. The summed E-state index contributed by atoms with van der Waals surface area (Å²) in [7, 11) is 1.61. The molecule has 2 aromatic carbocycles. The maximum atomic E-state index is 12.4. The highest BCUT2D eigenvalue weighted by molar-refractivity contribution is 7.80. The molecule has 0 fully saturated rings. The van der Waals surface area contributed by atoms with Crippen LogP contribution in [0.4, 0.5) is 5.69 Å². The average molecular weight is 442 g/mol. The molecule has 31 heavy (non-hydrogen) atoms. The summed E-state index contributed by atoms with van der Waals surface area (Å²) in [5.41, 5.74) is 1.79. The minimum absolute atomic E-state index is 0.0981. The summed E-state index contributed by atoms with van der Waals surface area (Å²) >= 11 is 5.22. The maximum Gasteiger partial charge on any atom is 0.253 e. The molecule has 0 aromatic heterocycles. The van der Waals surface area contributed by atoms with Crippen LogP contribution in [-0.2, 0) is 9.53 Å². The Morgan fingerprint density at radius 2 is 1.84 bits per heavy atom. The van der Waals surface area contributed by atoms with E-state index < -0.39 is 0 Å². The molecule has 0 heterocycles. The number of amides is 2. The highest BCUT2D eigenvalue weighted by Gasteiger charge is 2.12. The molecule has 0 atom stereocenters. The molecule has 0 spiro atoms. The van der Waals surface area contributed by atoms with Crippen LogP contribution in [0.15, 0.2) is 54.6 Å². The van der Waals surface area contributed by atoms with Gasteiger partial charge in [0.15, 0.2) is 5.11 Å². The van der Waals surface area contributed by atoms with E-state index in [9.17, 15) is 9.59 Å². The van der Waals surface area contributed by atoms with Crippen molar-refractivity contribution in [1.82, 2.24) is 10.6 Å². The number of nitrogens with one attached hydrogen (secondary N) is 3. The summed E-state index contributed by atoms with van der Waals surface area (Å²) in [6.45, 7) is 3.59. The lowest BCUT2D eigenvalue weighted by atomic mass is 10.1. The van der Waals surface area contributed by atoms with Crippen LogP contribution in [0.1, 0.15) is 29.3 Å². The van der Waals surface area contributed by atoms with E-state index in [0.717, 1.165) is 11.3 Å². The summed E-state index contributed by atoms with van der Waals surface area (Å²) in [5.74, 6) is 0.160. The monoisotopic (exact) mass is 441 g/mol. The quantitative estimate of drug-likeness (QED) is 0.298. The van der Waals surface area contributed by atoms with Gasteiger partial charge in [0.25, 0.3) is 5.91 Å². The lowest BCUT2D eigenvalue weighted by Crippen LogP contribution is -2.34. The number of carbonyl (C=O) groups is 2. The molecule has 7 nitrogen and oxygen atoms in total. The Balaban J connectivity index is 1.90. The number of hydrogen-bond acceptors (Lipinski definition) is 5. The molecule has 2 amide bonds. The van der Waals surface area contributed by atoms with Crippen LogP contribution in [-0.4, -0.2) is 43.8 Å². The fraction of sp³-hybridized carbons (Fsp3) is 0.261. The number of carbonyl (C=O) groups excluding carboxylic acids is 2. The third kappa shape index (κ3) is 8.57. The fourth-order valence-electron chi connectivity index (χ4n) is 2.62. The van der Waals surface area contributed by atoms with Gasteiger partial charge in [0.05, 0.1) is 17.9 Å². The van der Waals surface area contributed by atoms with Crippen molar-refractivity contribution in [3.8, 4) is 5.75 Å². The zero-order chi connectivity index (χ0) is 22.5. The number of hydrogen-bond donors (Lipinski definition) is 3. The predicted molar refractivity (Wildman–Crippen MR) is 126 cm³/mol. The number of benzene rings is 2. The van der Waals surface area contributed by atoms with Crippen molar-refractivity contribution in [3.05, 3.63) is 65.7 Å². The van der Waals surface area contributed by atoms with Gasteiger partial charge in [-0.1, -0.05) is 24.3 Å². The van der Waals surface area contributed by atoms with E-state index in [-0.39, 0.29) is 16.9 Å². The molecule has 0 bridgehead atoms. The van der Waals surface area contributed by atoms with Crippen LogP contribution < -0.4 is 20.7 Å². The van der Waals surface area contributed by atoms with Gasteiger partial charge in [0.2, 0.25) is 5.91 Å². The van der Waals surface area contributed by atoms with Crippen LogP contribution in [0.3, 0.4) is 0 Å². The minimum Gasteiger partial charge on any atom is -0.494 e. The van der Waals surface area contributed by atoms with E-state index in [4.69, 9.17) is 21.7 Å². The first-order chi connectivity index (χ1) is 15.0. The highest BCUT2D eigenvalue weighted by Crippen LogP contribution is 2.15. The summed E-state index contributed by atoms with van der Waals surface area (Å²) in [4.78, 5) is 24.6. The lowest BCUT2D eigenvalue weighted by molar-refractivity contribution is -0.115. The summed E-state index contributed by atoms with van der Waals surface area (Å²) in [6.07, 6.45) is 3.78. The average Bonchev–Trinajstić information content (AvgIpc) is 2.76. The zero-order valence-electron chi connectivity index (χ0n) is 17.6. The van der Waals surface area contributed by atoms with Crippen LogP contribution in [0, 0.1) is 0 Å². The van der Waals surface area contributed by atoms with Gasteiger partial charge in [-0.05, 0) is 61.5 Å². The first-order valence-corrected chi connectivity index (χ1v) is 10.3. The molecule has 164 valence electrons. The second-order valence-corrected chi connectivity index (χ2v) is 6.83. The van der Waals surface area contributed by atoms with Gasteiger partial charge in [-0.3, -0.25) is 14.9 Å². The van der Waals surface area contributed by atoms with Crippen molar-refractivity contribution in [2.75, 3.05) is 32.2 Å². The zero-order valence-corrected chi connectivity index (χ0v) is 18.5.